The van der Waals surface area contributed by atoms with Crippen LogP contribution in [-0.4, -0.2) is 16.7 Å². The van der Waals surface area contributed by atoms with E-state index in [0.29, 0.717) is 23.8 Å². The summed E-state index contributed by atoms with van der Waals surface area (Å²) in [5.41, 5.74) is 0.632. The molecule has 5 heteroatoms. The first-order valence-corrected chi connectivity index (χ1v) is 6.10. The Morgan fingerprint density at radius 1 is 1.39 bits per heavy atom. The van der Waals surface area contributed by atoms with E-state index in [2.05, 4.69) is 15.5 Å². The maximum atomic E-state index is 13.1. The average molecular weight is 247 g/mol. The summed E-state index contributed by atoms with van der Waals surface area (Å²) in [7, 11) is 0. The molecule has 0 aliphatic heterocycles. The molecule has 0 spiro atoms. The topological polar surface area (TPSA) is 51.0 Å². The van der Waals surface area contributed by atoms with E-state index in [0.717, 1.165) is 12.5 Å². The highest BCUT2D eigenvalue weighted by molar-refractivity contribution is 5.53. The summed E-state index contributed by atoms with van der Waals surface area (Å²) < 4.78 is 18.2. The summed E-state index contributed by atoms with van der Waals surface area (Å²) >= 11 is 0. The Balaban J connectivity index is 1.64. The van der Waals surface area contributed by atoms with Crippen molar-refractivity contribution in [1.29, 1.82) is 0 Å². The normalized spacial score (nSPS) is 14.9. The van der Waals surface area contributed by atoms with E-state index >= 15 is 0 Å². The maximum Gasteiger partial charge on any atom is 0.240 e. The summed E-state index contributed by atoms with van der Waals surface area (Å²) in [6.45, 7) is 1.57. The van der Waals surface area contributed by atoms with E-state index in [9.17, 15) is 4.39 Å². The molecule has 1 aliphatic carbocycles. The largest absolute Gasteiger partial charge is 0.338 e. The molecule has 0 saturated heterocycles. The lowest BCUT2D eigenvalue weighted by atomic mass is 10.2. The van der Waals surface area contributed by atoms with Crippen molar-refractivity contribution in [3.8, 4) is 11.4 Å². The van der Waals surface area contributed by atoms with Crippen LogP contribution >= 0.6 is 0 Å². The molecule has 1 aromatic heterocycles. The fourth-order valence-corrected chi connectivity index (χ4v) is 1.78. The fraction of sp³-hybridized carbons (Fsp3) is 0.385. The van der Waals surface area contributed by atoms with E-state index in [1.54, 1.807) is 12.1 Å². The van der Waals surface area contributed by atoms with Gasteiger partial charge in [-0.05, 0) is 37.4 Å². The van der Waals surface area contributed by atoms with Gasteiger partial charge in [0.15, 0.2) is 0 Å². The molecule has 94 valence electrons. The first-order valence-electron chi connectivity index (χ1n) is 6.10. The van der Waals surface area contributed by atoms with Crippen LogP contribution in [0.25, 0.3) is 11.4 Å². The second kappa shape index (κ2) is 4.86. The van der Waals surface area contributed by atoms with Gasteiger partial charge in [0.1, 0.15) is 5.82 Å². The molecule has 0 bridgehead atoms. The predicted octanol–water partition coefficient (Wildman–Crippen LogP) is 2.38. The molecule has 0 atom stereocenters. The van der Waals surface area contributed by atoms with Gasteiger partial charge >= 0.3 is 0 Å². The highest BCUT2D eigenvalue weighted by Crippen LogP contribution is 2.27. The predicted molar refractivity (Wildman–Crippen MR) is 64.1 cm³/mol. The number of hydrogen-bond acceptors (Lipinski definition) is 4. The van der Waals surface area contributed by atoms with Gasteiger partial charge in [-0.3, -0.25) is 0 Å². The van der Waals surface area contributed by atoms with Crippen LogP contribution in [0.3, 0.4) is 0 Å². The van der Waals surface area contributed by atoms with Crippen LogP contribution in [-0.2, 0) is 6.54 Å². The summed E-state index contributed by atoms with van der Waals surface area (Å²) in [4.78, 5) is 4.23. The van der Waals surface area contributed by atoms with E-state index in [1.807, 2.05) is 0 Å². The third kappa shape index (κ3) is 2.73. The summed E-state index contributed by atoms with van der Waals surface area (Å²) in [5, 5.41) is 7.12. The Morgan fingerprint density at radius 2 is 2.28 bits per heavy atom. The van der Waals surface area contributed by atoms with Crippen molar-refractivity contribution in [2.45, 2.75) is 19.4 Å². The van der Waals surface area contributed by atoms with E-state index < -0.39 is 0 Å². The number of halogens is 1. The molecule has 2 aromatic rings. The SMILES string of the molecule is Fc1cccc(-c2noc(CNCC3CC3)n2)c1. The number of aromatic nitrogens is 2. The molecule has 18 heavy (non-hydrogen) atoms. The molecule has 0 amide bonds. The minimum Gasteiger partial charge on any atom is -0.338 e. The van der Waals surface area contributed by atoms with Crippen LogP contribution < -0.4 is 5.32 Å². The van der Waals surface area contributed by atoms with Gasteiger partial charge in [0, 0.05) is 5.56 Å². The van der Waals surface area contributed by atoms with Gasteiger partial charge in [-0.1, -0.05) is 17.3 Å². The third-order valence-corrected chi connectivity index (χ3v) is 2.96. The zero-order chi connectivity index (χ0) is 12.4. The van der Waals surface area contributed by atoms with Crippen LogP contribution in [0.5, 0.6) is 0 Å². The number of hydrogen-bond donors (Lipinski definition) is 1. The molecule has 4 nitrogen and oxygen atoms in total. The van der Waals surface area contributed by atoms with Gasteiger partial charge in [-0.2, -0.15) is 4.98 Å². The Labute approximate surface area is 104 Å². The van der Waals surface area contributed by atoms with Crippen LogP contribution in [0.2, 0.25) is 0 Å². The second-order valence-electron chi connectivity index (χ2n) is 4.60. The molecular formula is C13H14FN3O. The lowest BCUT2D eigenvalue weighted by Gasteiger charge is -1.97. The van der Waals surface area contributed by atoms with Crippen molar-refractivity contribution in [2.75, 3.05) is 6.54 Å². The molecule has 0 radical (unpaired) electrons. The molecular weight excluding hydrogens is 233 g/mol. The Morgan fingerprint density at radius 3 is 3.06 bits per heavy atom. The standard InChI is InChI=1S/C13H14FN3O/c14-11-3-1-2-10(6-11)13-16-12(18-17-13)8-15-7-9-4-5-9/h1-3,6,9,15H,4-5,7-8H2. The Kier molecular flexibility index (Phi) is 3.06. The van der Waals surface area contributed by atoms with Gasteiger partial charge in [0.2, 0.25) is 11.7 Å². The minimum atomic E-state index is -0.300. The monoisotopic (exact) mass is 247 g/mol. The molecule has 1 aliphatic rings. The minimum absolute atomic E-state index is 0.300. The lowest BCUT2D eigenvalue weighted by Crippen LogP contribution is -2.16. The van der Waals surface area contributed by atoms with Gasteiger partial charge in [0.05, 0.1) is 6.54 Å². The van der Waals surface area contributed by atoms with Crippen LogP contribution in [0.4, 0.5) is 4.39 Å². The number of rotatable bonds is 5. The molecule has 1 heterocycles. The molecule has 0 unspecified atom stereocenters. The van der Waals surface area contributed by atoms with Crippen LogP contribution in [0.1, 0.15) is 18.7 Å². The van der Waals surface area contributed by atoms with Crippen LogP contribution in [0.15, 0.2) is 28.8 Å². The molecule has 1 saturated carbocycles. The number of nitrogens with zero attached hydrogens (tertiary/aromatic N) is 2. The van der Waals surface area contributed by atoms with Gasteiger partial charge in [0.25, 0.3) is 0 Å². The van der Waals surface area contributed by atoms with Crippen molar-refractivity contribution in [1.82, 2.24) is 15.5 Å². The number of nitrogens with one attached hydrogen (secondary N) is 1. The molecule has 1 fully saturated rings. The summed E-state index contributed by atoms with van der Waals surface area (Å²) in [5.74, 6) is 1.48. The van der Waals surface area contributed by atoms with Gasteiger partial charge in [-0.15, -0.1) is 0 Å². The highest BCUT2D eigenvalue weighted by Gasteiger charge is 2.20. The summed E-state index contributed by atoms with van der Waals surface area (Å²) in [6.07, 6.45) is 2.62. The zero-order valence-electron chi connectivity index (χ0n) is 9.90. The van der Waals surface area contributed by atoms with Gasteiger partial charge < -0.3 is 9.84 Å². The quantitative estimate of drug-likeness (QED) is 0.881. The zero-order valence-corrected chi connectivity index (χ0v) is 9.90. The Hall–Kier alpha value is -1.75. The van der Waals surface area contributed by atoms with E-state index in [1.165, 1.54) is 25.0 Å². The van der Waals surface area contributed by atoms with Crippen molar-refractivity contribution in [3.63, 3.8) is 0 Å². The van der Waals surface area contributed by atoms with E-state index in [4.69, 9.17) is 4.52 Å². The second-order valence-corrected chi connectivity index (χ2v) is 4.60. The van der Waals surface area contributed by atoms with Crippen LogP contribution in [0, 0.1) is 11.7 Å². The van der Waals surface area contributed by atoms with Crippen molar-refractivity contribution < 1.29 is 8.91 Å². The first-order chi connectivity index (χ1) is 8.81. The fourth-order valence-electron chi connectivity index (χ4n) is 1.78. The van der Waals surface area contributed by atoms with Crippen molar-refractivity contribution in [2.24, 2.45) is 5.92 Å². The molecule has 1 aromatic carbocycles. The first kappa shape index (κ1) is 11.3. The Bertz CT molecular complexity index is 537. The summed E-state index contributed by atoms with van der Waals surface area (Å²) in [6, 6.07) is 6.18. The highest BCUT2D eigenvalue weighted by atomic mass is 19.1. The molecule has 3 rings (SSSR count). The van der Waals surface area contributed by atoms with Crippen molar-refractivity contribution in [3.05, 3.63) is 36.0 Å². The van der Waals surface area contributed by atoms with E-state index in [-0.39, 0.29) is 5.82 Å². The average Bonchev–Trinajstić information content (AvgIpc) is 3.06. The smallest absolute Gasteiger partial charge is 0.240 e. The number of benzene rings is 1. The molecule has 1 N–H and O–H groups in total. The lowest BCUT2D eigenvalue weighted by molar-refractivity contribution is 0.367. The van der Waals surface area contributed by atoms with Gasteiger partial charge in [-0.25, -0.2) is 4.39 Å². The van der Waals surface area contributed by atoms with Crippen molar-refractivity contribution >= 4 is 0 Å². The third-order valence-electron chi connectivity index (χ3n) is 2.96. The maximum absolute atomic E-state index is 13.1.